The molecule has 31 heavy (non-hydrogen) atoms. The summed E-state index contributed by atoms with van der Waals surface area (Å²) in [6.07, 6.45) is 0.216. The minimum absolute atomic E-state index is 0.0346. The molecule has 0 N–H and O–H groups in total. The maximum Gasteiger partial charge on any atom is 0.416 e. The van der Waals surface area contributed by atoms with Gasteiger partial charge < -0.3 is 0 Å². The van der Waals surface area contributed by atoms with E-state index in [1.165, 1.54) is 17.7 Å². The molecule has 2 unspecified atom stereocenters. The van der Waals surface area contributed by atoms with Crippen LogP contribution in [0.2, 0.25) is 0 Å². The zero-order valence-electron chi connectivity index (χ0n) is 18.3. The van der Waals surface area contributed by atoms with Crippen LogP contribution in [0.4, 0.5) is 13.2 Å². The van der Waals surface area contributed by atoms with E-state index in [2.05, 4.69) is 30.0 Å². The van der Waals surface area contributed by atoms with Crippen LogP contribution in [0.15, 0.2) is 54.6 Å². The van der Waals surface area contributed by atoms with Gasteiger partial charge in [-0.3, -0.25) is 4.90 Å². The van der Waals surface area contributed by atoms with Crippen molar-refractivity contribution in [1.29, 1.82) is 5.26 Å². The summed E-state index contributed by atoms with van der Waals surface area (Å²) in [5.41, 5.74) is -0.407. The van der Waals surface area contributed by atoms with E-state index in [4.69, 9.17) is 0 Å². The van der Waals surface area contributed by atoms with Crippen LogP contribution in [0.1, 0.15) is 62.1 Å². The van der Waals surface area contributed by atoms with Crippen molar-refractivity contribution in [3.05, 3.63) is 71.3 Å². The predicted molar refractivity (Wildman–Crippen MR) is 117 cm³/mol. The average molecular weight is 429 g/mol. The lowest BCUT2D eigenvalue weighted by molar-refractivity contribution is -0.138. The Balaban J connectivity index is 1.86. The zero-order valence-corrected chi connectivity index (χ0v) is 18.3. The number of benzene rings is 2. The Labute approximate surface area is 183 Å². The highest BCUT2D eigenvalue weighted by molar-refractivity contribution is 5.42. The first-order valence-corrected chi connectivity index (χ1v) is 11.1. The van der Waals surface area contributed by atoms with Gasteiger partial charge in [0.15, 0.2) is 0 Å². The largest absolute Gasteiger partial charge is 0.416 e. The average Bonchev–Trinajstić information content (AvgIpc) is 3.30. The van der Waals surface area contributed by atoms with E-state index >= 15 is 0 Å². The Morgan fingerprint density at radius 1 is 1.00 bits per heavy atom. The van der Waals surface area contributed by atoms with Crippen molar-refractivity contribution in [2.45, 2.75) is 69.6 Å². The van der Waals surface area contributed by atoms with Gasteiger partial charge >= 0.3 is 6.18 Å². The number of nitrogens with zero attached hydrogens (tertiary/aromatic N) is 2. The van der Waals surface area contributed by atoms with Gasteiger partial charge in [-0.25, -0.2) is 0 Å². The minimum atomic E-state index is -4.47. The normalized spacial score (nSPS) is 18.0. The van der Waals surface area contributed by atoms with Gasteiger partial charge in [-0.2, -0.15) is 18.4 Å². The molecule has 3 rings (SSSR count). The number of nitriles is 1. The monoisotopic (exact) mass is 428 g/mol. The molecule has 0 radical (unpaired) electrons. The molecule has 0 bridgehead atoms. The second-order valence-electron chi connectivity index (χ2n) is 8.90. The lowest BCUT2D eigenvalue weighted by Crippen LogP contribution is -2.37. The summed E-state index contributed by atoms with van der Waals surface area (Å²) < 4.78 is 41.6. The molecule has 2 aromatic carbocycles. The second kappa shape index (κ2) is 9.87. The Bertz CT molecular complexity index is 882. The van der Waals surface area contributed by atoms with Crippen LogP contribution in [0.5, 0.6) is 0 Å². The molecule has 0 heterocycles. The summed E-state index contributed by atoms with van der Waals surface area (Å²) in [6.45, 7) is 2.86. The van der Waals surface area contributed by atoms with Crippen molar-refractivity contribution < 1.29 is 13.2 Å². The molecule has 0 spiro atoms. The maximum absolute atomic E-state index is 13.9. The Morgan fingerprint density at radius 2 is 1.58 bits per heavy atom. The molecule has 1 aliphatic carbocycles. The third-order valence-corrected chi connectivity index (χ3v) is 6.95. The molecule has 2 aromatic rings. The van der Waals surface area contributed by atoms with Gasteiger partial charge in [0.1, 0.15) is 0 Å². The summed E-state index contributed by atoms with van der Waals surface area (Å²) in [5.74, 6) is -0.0346. The molecule has 0 aliphatic heterocycles. The van der Waals surface area contributed by atoms with E-state index in [0.717, 1.165) is 38.3 Å². The molecule has 1 aliphatic rings. The Morgan fingerprint density at radius 3 is 2.16 bits per heavy atom. The molecule has 0 amide bonds. The third-order valence-electron chi connectivity index (χ3n) is 6.95. The first kappa shape index (κ1) is 23.3. The topological polar surface area (TPSA) is 27.0 Å². The van der Waals surface area contributed by atoms with Gasteiger partial charge in [0, 0.05) is 12.6 Å². The Hall–Kier alpha value is -2.32. The van der Waals surface area contributed by atoms with Crippen molar-refractivity contribution in [3.8, 4) is 6.07 Å². The van der Waals surface area contributed by atoms with Crippen molar-refractivity contribution in [1.82, 2.24) is 4.90 Å². The zero-order chi connectivity index (χ0) is 22.5. The first-order chi connectivity index (χ1) is 14.8. The van der Waals surface area contributed by atoms with Crippen LogP contribution in [0, 0.1) is 17.2 Å². The summed E-state index contributed by atoms with van der Waals surface area (Å²) in [4.78, 5) is 2.21. The van der Waals surface area contributed by atoms with Crippen LogP contribution < -0.4 is 0 Å². The summed E-state index contributed by atoms with van der Waals surface area (Å²) >= 11 is 0. The lowest BCUT2D eigenvalue weighted by atomic mass is 9.66. The minimum Gasteiger partial charge on any atom is -0.299 e. The maximum atomic E-state index is 13.9. The van der Waals surface area contributed by atoms with Gasteiger partial charge in [-0.15, -0.1) is 0 Å². The van der Waals surface area contributed by atoms with Gasteiger partial charge in [-0.05, 0) is 62.8 Å². The molecular formula is C26H31F3N2. The number of hydrogen-bond donors (Lipinski definition) is 0. The van der Waals surface area contributed by atoms with Crippen molar-refractivity contribution in [2.24, 2.45) is 5.92 Å². The van der Waals surface area contributed by atoms with Crippen LogP contribution in [0.25, 0.3) is 0 Å². The molecule has 1 saturated carbocycles. The summed E-state index contributed by atoms with van der Waals surface area (Å²) in [6, 6.07) is 18.4. The molecule has 0 saturated heterocycles. The van der Waals surface area contributed by atoms with E-state index in [1.807, 2.05) is 25.2 Å². The van der Waals surface area contributed by atoms with E-state index in [0.29, 0.717) is 12.8 Å². The van der Waals surface area contributed by atoms with E-state index < -0.39 is 17.2 Å². The molecule has 166 valence electrons. The first-order valence-electron chi connectivity index (χ1n) is 11.1. The van der Waals surface area contributed by atoms with Crippen molar-refractivity contribution >= 4 is 0 Å². The highest BCUT2D eigenvalue weighted by Crippen LogP contribution is 2.49. The van der Waals surface area contributed by atoms with Crippen molar-refractivity contribution in [2.75, 3.05) is 7.05 Å². The quantitative estimate of drug-likeness (QED) is 0.454. The van der Waals surface area contributed by atoms with E-state index in [9.17, 15) is 18.4 Å². The summed E-state index contributed by atoms with van der Waals surface area (Å²) in [5, 5.41) is 10.3. The smallest absolute Gasteiger partial charge is 0.299 e. The van der Waals surface area contributed by atoms with E-state index in [1.54, 1.807) is 6.07 Å². The highest BCUT2D eigenvalue weighted by Gasteiger charge is 2.47. The van der Waals surface area contributed by atoms with Crippen LogP contribution in [-0.4, -0.2) is 18.0 Å². The molecule has 5 heteroatoms. The van der Waals surface area contributed by atoms with Gasteiger partial charge in [0.25, 0.3) is 0 Å². The number of alkyl halides is 3. The predicted octanol–water partition coefficient (Wildman–Crippen LogP) is 6.96. The fourth-order valence-electron chi connectivity index (χ4n) is 4.99. The van der Waals surface area contributed by atoms with Gasteiger partial charge in [-0.1, -0.05) is 61.4 Å². The van der Waals surface area contributed by atoms with Crippen LogP contribution in [0.3, 0.4) is 0 Å². The standard InChI is InChI=1S/C26H31F3N2/c1-20(31(2)18-21-10-4-3-5-11-21)16-17-25(19-30,22-12-6-7-13-22)23-14-8-9-15-24(23)26(27,28)29/h3-5,8-11,14-15,20,22H,6-7,12-13,16-18H2,1-2H3. The third kappa shape index (κ3) is 5.30. The fraction of sp³-hybridized carbons (Fsp3) is 0.500. The Kier molecular flexibility index (Phi) is 7.43. The number of rotatable bonds is 8. The number of halogens is 3. The number of hydrogen-bond acceptors (Lipinski definition) is 2. The molecule has 2 nitrogen and oxygen atoms in total. The molecular weight excluding hydrogens is 397 g/mol. The van der Waals surface area contributed by atoms with Crippen LogP contribution >= 0.6 is 0 Å². The SMILES string of the molecule is CC(CCC(C#N)(c1ccccc1C(F)(F)F)C1CCCC1)N(C)Cc1ccccc1. The molecule has 1 fully saturated rings. The van der Waals surface area contributed by atoms with Crippen molar-refractivity contribution in [3.63, 3.8) is 0 Å². The van der Waals surface area contributed by atoms with Crippen LogP contribution in [-0.2, 0) is 18.1 Å². The summed E-state index contributed by atoms with van der Waals surface area (Å²) in [7, 11) is 2.03. The van der Waals surface area contributed by atoms with Gasteiger partial charge in [0.2, 0.25) is 0 Å². The lowest BCUT2D eigenvalue weighted by Gasteiger charge is -2.37. The molecule has 0 aromatic heterocycles. The highest BCUT2D eigenvalue weighted by atomic mass is 19.4. The second-order valence-corrected chi connectivity index (χ2v) is 8.90. The van der Waals surface area contributed by atoms with Gasteiger partial charge in [0.05, 0.1) is 17.0 Å². The molecule has 2 atom stereocenters. The van der Waals surface area contributed by atoms with E-state index in [-0.39, 0.29) is 17.5 Å². The fourth-order valence-corrected chi connectivity index (χ4v) is 4.99.